The number of nitrogens with one attached hydrogen (secondary N) is 1. The van der Waals surface area contributed by atoms with E-state index in [0.717, 1.165) is 18.7 Å². The summed E-state index contributed by atoms with van der Waals surface area (Å²) in [5.41, 5.74) is 1.34. The first-order valence-electron chi connectivity index (χ1n) is 5.59. The van der Waals surface area contributed by atoms with Gasteiger partial charge in [-0.05, 0) is 39.0 Å². The minimum absolute atomic E-state index is 0.145. The summed E-state index contributed by atoms with van der Waals surface area (Å²) in [4.78, 5) is 0. The molecule has 0 saturated heterocycles. The first-order chi connectivity index (χ1) is 7.83. The molecule has 0 bridgehead atoms. The largest absolute Gasteiger partial charge is 0.503 e. The Morgan fingerprint density at radius 1 is 1.35 bits per heavy atom. The highest BCUT2D eigenvalue weighted by molar-refractivity contribution is 9.10. The Morgan fingerprint density at radius 2 is 2.00 bits per heavy atom. The van der Waals surface area contributed by atoms with Crippen molar-refractivity contribution in [3.8, 4) is 11.5 Å². The van der Waals surface area contributed by atoms with Crippen molar-refractivity contribution >= 4 is 15.9 Å². The summed E-state index contributed by atoms with van der Waals surface area (Å²) in [7, 11) is 1.55. The fraction of sp³-hybridized carbons (Fsp3) is 0.538. The molecule has 4 heteroatoms. The van der Waals surface area contributed by atoms with Crippen molar-refractivity contribution in [3.63, 3.8) is 0 Å². The van der Waals surface area contributed by atoms with E-state index in [1.807, 2.05) is 12.1 Å². The fourth-order valence-electron chi connectivity index (χ4n) is 1.47. The van der Waals surface area contributed by atoms with Gasteiger partial charge in [0.25, 0.3) is 0 Å². The number of aromatic hydroxyl groups is 1. The minimum atomic E-state index is 0.145. The van der Waals surface area contributed by atoms with Gasteiger partial charge in [0.1, 0.15) is 0 Å². The van der Waals surface area contributed by atoms with Crippen LogP contribution < -0.4 is 10.1 Å². The third-order valence-electron chi connectivity index (χ3n) is 2.29. The summed E-state index contributed by atoms with van der Waals surface area (Å²) in [6.07, 6.45) is 0. The molecule has 0 amide bonds. The topological polar surface area (TPSA) is 41.5 Å². The molecule has 0 aromatic heterocycles. The lowest BCUT2D eigenvalue weighted by Crippen LogP contribution is -2.26. The molecule has 3 nitrogen and oxygen atoms in total. The zero-order valence-corrected chi connectivity index (χ0v) is 12.4. The van der Waals surface area contributed by atoms with Crippen LogP contribution in [0.1, 0.15) is 26.3 Å². The Bertz CT molecular complexity index is 386. The third-order valence-corrected chi connectivity index (χ3v) is 2.90. The first-order valence-corrected chi connectivity index (χ1v) is 6.39. The first kappa shape index (κ1) is 14.3. The molecule has 2 N–H and O–H groups in total. The summed E-state index contributed by atoms with van der Waals surface area (Å²) in [5, 5.41) is 13.1. The molecule has 0 aliphatic heterocycles. The van der Waals surface area contributed by atoms with Gasteiger partial charge in [0.15, 0.2) is 11.5 Å². The van der Waals surface area contributed by atoms with Crippen LogP contribution in [0.15, 0.2) is 16.6 Å². The second kappa shape index (κ2) is 5.74. The quantitative estimate of drug-likeness (QED) is 0.896. The van der Waals surface area contributed by atoms with Crippen LogP contribution in [-0.2, 0) is 6.54 Å². The van der Waals surface area contributed by atoms with Gasteiger partial charge in [0.2, 0.25) is 0 Å². The van der Waals surface area contributed by atoms with E-state index in [9.17, 15) is 5.11 Å². The summed E-state index contributed by atoms with van der Waals surface area (Å²) >= 11 is 3.31. The number of phenols is 1. The number of hydrogen-bond acceptors (Lipinski definition) is 3. The number of hydrogen-bond donors (Lipinski definition) is 2. The van der Waals surface area contributed by atoms with Crippen molar-refractivity contribution in [3.05, 3.63) is 22.2 Å². The van der Waals surface area contributed by atoms with Crippen LogP contribution in [-0.4, -0.2) is 18.8 Å². The van der Waals surface area contributed by atoms with E-state index in [4.69, 9.17) is 4.74 Å². The average Bonchev–Trinajstić information content (AvgIpc) is 2.21. The molecule has 0 aliphatic rings. The van der Waals surface area contributed by atoms with Crippen molar-refractivity contribution in [1.82, 2.24) is 5.32 Å². The van der Waals surface area contributed by atoms with E-state index in [0.29, 0.717) is 10.2 Å². The van der Waals surface area contributed by atoms with Gasteiger partial charge in [-0.2, -0.15) is 0 Å². The van der Waals surface area contributed by atoms with Crippen LogP contribution in [0, 0.1) is 5.41 Å². The van der Waals surface area contributed by atoms with Crippen molar-refractivity contribution in [2.24, 2.45) is 5.41 Å². The standard InChI is InChI=1S/C13H20BrNO2/c1-13(2,3)8-15-7-9-5-10(14)12(16)11(6-9)17-4/h5-6,15-16H,7-8H2,1-4H3. The predicted molar refractivity (Wildman–Crippen MR) is 73.5 cm³/mol. The number of rotatable bonds is 4. The molecule has 1 aromatic carbocycles. The SMILES string of the molecule is COc1cc(CNCC(C)(C)C)cc(Br)c1O. The molecule has 0 atom stereocenters. The molecule has 0 aliphatic carbocycles. The Labute approximate surface area is 111 Å². The average molecular weight is 302 g/mol. The molecule has 0 spiro atoms. The number of ether oxygens (including phenoxy) is 1. The molecule has 17 heavy (non-hydrogen) atoms. The van der Waals surface area contributed by atoms with Crippen molar-refractivity contribution in [2.75, 3.05) is 13.7 Å². The van der Waals surface area contributed by atoms with Gasteiger partial charge in [-0.1, -0.05) is 20.8 Å². The molecule has 0 saturated carbocycles. The second-order valence-corrected chi connectivity index (χ2v) is 6.15. The zero-order valence-electron chi connectivity index (χ0n) is 10.8. The van der Waals surface area contributed by atoms with Crippen molar-refractivity contribution in [2.45, 2.75) is 27.3 Å². The summed E-state index contributed by atoms with van der Waals surface area (Å²) in [5.74, 6) is 0.638. The van der Waals surface area contributed by atoms with Gasteiger partial charge >= 0.3 is 0 Å². The number of phenolic OH excluding ortho intramolecular Hbond substituents is 1. The Hall–Kier alpha value is -0.740. The van der Waals surface area contributed by atoms with Crippen LogP contribution in [0.5, 0.6) is 11.5 Å². The maximum Gasteiger partial charge on any atom is 0.172 e. The maximum atomic E-state index is 9.68. The summed E-state index contributed by atoms with van der Waals surface area (Å²) in [6.45, 7) is 8.26. The van der Waals surface area contributed by atoms with Crippen LogP contribution in [0.2, 0.25) is 0 Å². The van der Waals surface area contributed by atoms with Gasteiger partial charge in [-0.15, -0.1) is 0 Å². The van der Waals surface area contributed by atoms with Crippen LogP contribution >= 0.6 is 15.9 Å². The number of methoxy groups -OCH3 is 1. The van der Waals surface area contributed by atoms with Crippen molar-refractivity contribution < 1.29 is 9.84 Å². The predicted octanol–water partition coefficient (Wildman–Crippen LogP) is 3.30. The van der Waals surface area contributed by atoms with Crippen molar-refractivity contribution in [1.29, 1.82) is 0 Å². The molecule has 96 valence electrons. The maximum absolute atomic E-state index is 9.68. The fourth-order valence-corrected chi connectivity index (χ4v) is 1.96. The van der Waals surface area contributed by atoms with Crippen LogP contribution in [0.25, 0.3) is 0 Å². The van der Waals surface area contributed by atoms with E-state index >= 15 is 0 Å². The summed E-state index contributed by atoms with van der Waals surface area (Å²) < 4.78 is 5.76. The highest BCUT2D eigenvalue weighted by Crippen LogP contribution is 2.35. The van der Waals surface area contributed by atoms with E-state index in [1.165, 1.54) is 0 Å². The third kappa shape index (κ3) is 4.56. The lowest BCUT2D eigenvalue weighted by atomic mass is 9.97. The lowest BCUT2D eigenvalue weighted by Gasteiger charge is -2.19. The van der Waals surface area contributed by atoms with E-state index < -0.39 is 0 Å². The second-order valence-electron chi connectivity index (χ2n) is 5.29. The van der Waals surface area contributed by atoms with Gasteiger partial charge in [0, 0.05) is 13.1 Å². The normalized spacial score (nSPS) is 11.6. The molecule has 0 fully saturated rings. The van der Waals surface area contributed by atoms with E-state index in [2.05, 4.69) is 42.0 Å². The highest BCUT2D eigenvalue weighted by Gasteiger charge is 2.11. The van der Waals surface area contributed by atoms with Gasteiger partial charge in [0.05, 0.1) is 11.6 Å². The molecule has 0 heterocycles. The number of halogens is 1. The molecular formula is C13H20BrNO2. The molecule has 0 radical (unpaired) electrons. The molecule has 1 aromatic rings. The van der Waals surface area contributed by atoms with Gasteiger partial charge in [-0.25, -0.2) is 0 Å². The van der Waals surface area contributed by atoms with E-state index in [1.54, 1.807) is 7.11 Å². The molecule has 0 unspecified atom stereocenters. The Morgan fingerprint density at radius 3 is 2.53 bits per heavy atom. The van der Waals surface area contributed by atoms with Gasteiger partial charge in [-0.3, -0.25) is 0 Å². The Balaban J connectivity index is 2.69. The van der Waals surface area contributed by atoms with Crippen LogP contribution in [0.4, 0.5) is 0 Å². The number of benzene rings is 1. The molecular weight excluding hydrogens is 282 g/mol. The molecule has 1 rings (SSSR count). The van der Waals surface area contributed by atoms with Crippen LogP contribution in [0.3, 0.4) is 0 Å². The lowest BCUT2D eigenvalue weighted by molar-refractivity contribution is 0.368. The zero-order chi connectivity index (χ0) is 13.1. The van der Waals surface area contributed by atoms with Gasteiger partial charge < -0.3 is 15.2 Å². The summed E-state index contributed by atoms with van der Waals surface area (Å²) in [6, 6.07) is 3.74. The monoisotopic (exact) mass is 301 g/mol. The highest BCUT2D eigenvalue weighted by atomic mass is 79.9. The Kier molecular flexibility index (Phi) is 4.83. The smallest absolute Gasteiger partial charge is 0.172 e. The van der Waals surface area contributed by atoms with E-state index in [-0.39, 0.29) is 11.2 Å². The minimum Gasteiger partial charge on any atom is -0.503 e.